The molecule has 1 rings (SSSR count). The molecule has 1 aromatic carbocycles. The van der Waals surface area contributed by atoms with Gasteiger partial charge in [0.1, 0.15) is 5.56 Å². The minimum absolute atomic E-state index is 0.0321. The number of hydrogen-bond donors (Lipinski definition) is 2. The van der Waals surface area contributed by atoms with Crippen LogP contribution in [0.3, 0.4) is 0 Å². The van der Waals surface area contributed by atoms with Crippen molar-refractivity contribution in [3.8, 4) is 0 Å². The summed E-state index contributed by atoms with van der Waals surface area (Å²) in [6.07, 6.45) is 0. The highest BCUT2D eigenvalue weighted by atomic mass is 19.1. The lowest BCUT2D eigenvalue weighted by molar-refractivity contribution is -0.385. The van der Waals surface area contributed by atoms with Gasteiger partial charge in [0, 0.05) is 12.6 Å². The van der Waals surface area contributed by atoms with E-state index in [1.54, 1.807) is 20.8 Å². The minimum atomic E-state index is -0.778. The third-order valence-corrected chi connectivity index (χ3v) is 2.28. The second kappa shape index (κ2) is 5.21. The maximum atomic E-state index is 13.5. The van der Waals surface area contributed by atoms with Gasteiger partial charge in [-0.25, -0.2) is 4.39 Å². The van der Waals surface area contributed by atoms with Crippen LogP contribution in [-0.2, 0) is 0 Å². The van der Waals surface area contributed by atoms with Crippen LogP contribution in [-0.4, -0.2) is 23.4 Å². The standard InChI is InChI=1S/C12H16FN3O3/c1-12(2,3)15-11(17)7-5-9(14-4)8(13)6-10(7)16(18)19/h5-6,14H,1-4H3,(H,15,17). The molecule has 0 bridgehead atoms. The zero-order valence-electron chi connectivity index (χ0n) is 11.2. The van der Waals surface area contributed by atoms with E-state index in [1.807, 2.05) is 0 Å². The van der Waals surface area contributed by atoms with E-state index in [2.05, 4.69) is 10.6 Å². The molecule has 0 aliphatic rings. The summed E-state index contributed by atoms with van der Waals surface area (Å²) in [4.78, 5) is 22.1. The molecule has 0 aliphatic heterocycles. The van der Waals surface area contributed by atoms with Crippen LogP contribution in [0.1, 0.15) is 31.1 Å². The average molecular weight is 269 g/mol. The maximum Gasteiger partial charge on any atom is 0.285 e. The Morgan fingerprint density at radius 1 is 1.37 bits per heavy atom. The van der Waals surface area contributed by atoms with Crippen molar-refractivity contribution in [1.82, 2.24) is 5.32 Å². The molecule has 0 aliphatic carbocycles. The van der Waals surface area contributed by atoms with E-state index in [1.165, 1.54) is 7.05 Å². The third kappa shape index (κ3) is 3.64. The summed E-state index contributed by atoms with van der Waals surface area (Å²) in [6, 6.07) is 1.87. The Morgan fingerprint density at radius 2 is 1.95 bits per heavy atom. The quantitative estimate of drug-likeness (QED) is 0.651. The fourth-order valence-electron chi connectivity index (χ4n) is 1.50. The molecule has 7 heteroatoms. The van der Waals surface area contributed by atoms with Crippen molar-refractivity contribution in [3.63, 3.8) is 0 Å². The minimum Gasteiger partial charge on any atom is -0.386 e. The lowest BCUT2D eigenvalue weighted by atomic mass is 10.1. The van der Waals surface area contributed by atoms with Gasteiger partial charge in [-0.2, -0.15) is 0 Å². The van der Waals surface area contributed by atoms with E-state index in [0.29, 0.717) is 0 Å². The molecular weight excluding hydrogens is 253 g/mol. The van der Waals surface area contributed by atoms with Gasteiger partial charge in [-0.15, -0.1) is 0 Å². The molecule has 0 fully saturated rings. The van der Waals surface area contributed by atoms with Gasteiger partial charge in [-0.05, 0) is 26.8 Å². The van der Waals surface area contributed by atoms with Crippen molar-refractivity contribution in [2.45, 2.75) is 26.3 Å². The van der Waals surface area contributed by atoms with Crippen LogP contribution >= 0.6 is 0 Å². The number of nitro groups is 1. The molecule has 0 saturated heterocycles. The summed E-state index contributed by atoms with van der Waals surface area (Å²) in [6.45, 7) is 5.25. The first-order valence-corrected chi connectivity index (χ1v) is 5.64. The highest BCUT2D eigenvalue weighted by Gasteiger charge is 2.25. The summed E-state index contributed by atoms with van der Waals surface area (Å²) in [5, 5.41) is 16.0. The molecule has 0 radical (unpaired) electrons. The Hall–Kier alpha value is -2.18. The highest BCUT2D eigenvalue weighted by Crippen LogP contribution is 2.26. The number of nitrogens with zero attached hydrogens (tertiary/aromatic N) is 1. The van der Waals surface area contributed by atoms with E-state index in [0.717, 1.165) is 12.1 Å². The van der Waals surface area contributed by atoms with Crippen LogP contribution in [0.4, 0.5) is 15.8 Å². The molecule has 0 saturated carbocycles. The summed E-state index contributed by atoms with van der Waals surface area (Å²) in [5.74, 6) is -1.39. The molecule has 0 heterocycles. The van der Waals surface area contributed by atoms with Crippen molar-refractivity contribution < 1.29 is 14.1 Å². The molecule has 19 heavy (non-hydrogen) atoms. The number of carbonyl (C=O) groups is 1. The number of rotatable bonds is 3. The second-order valence-electron chi connectivity index (χ2n) is 5.06. The van der Waals surface area contributed by atoms with Crippen LogP contribution in [0.5, 0.6) is 0 Å². The molecule has 6 nitrogen and oxygen atoms in total. The third-order valence-electron chi connectivity index (χ3n) is 2.28. The molecule has 0 spiro atoms. The van der Waals surface area contributed by atoms with E-state index in [9.17, 15) is 19.3 Å². The summed E-state index contributed by atoms with van der Waals surface area (Å²) in [5.41, 5.74) is -1.24. The van der Waals surface area contributed by atoms with Gasteiger partial charge in [0.2, 0.25) is 0 Å². The summed E-state index contributed by atoms with van der Waals surface area (Å²) in [7, 11) is 1.47. The Morgan fingerprint density at radius 3 is 2.37 bits per heavy atom. The Kier molecular flexibility index (Phi) is 4.08. The molecule has 2 N–H and O–H groups in total. The highest BCUT2D eigenvalue weighted by molar-refractivity contribution is 5.99. The lowest BCUT2D eigenvalue weighted by Crippen LogP contribution is -2.40. The molecule has 1 aromatic rings. The Bertz CT molecular complexity index is 524. The maximum absolute atomic E-state index is 13.5. The van der Waals surface area contributed by atoms with Crippen molar-refractivity contribution in [2.24, 2.45) is 0 Å². The van der Waals surface area contributed by atoms with Gasteiger partial charge in [-0.3, -0.25) is 14.9 Å². The Balaban J connectivity index is 3.31. The van der Waals surface area contributed by atoms with Crippen LogP contribution in [0, 0.1) is 15.9 Å². The predicted octanol–water partition coefficient (Wildman–Crippen LogP) is 2.30. The van der Waals surface area contributed by atoms with E-state index < -0.39 is 27.9 Å². The number of carbonyl (C=O) groups excluding carboxylic acids is 1. The number of nitrogens with one attached hydrogen (secondary N) is 2. The number of amides is 1. The predicted molar refractivity (Wildman–Crippen MR) is 69.8 cm³/mol. The summed E-state index contributed by atoms with van der Waals surface area (Å²) < 4.78 is 13.5. The SMILES string of the molecule is CNc1cc(C(=O)NC(C)(C)C)c([N+](=O)[O-])cc1F. The molecule has 104 valence electrons. The van der Waals surface area contributed by atoms with Crippen molar-refractivity contribution in [2.75, 3.05) is 12.4 Å². The average Bonchev–Trinajstić information content (AvgIpc) is 2.25. The molecule has 0 aromatic heterocycles. The topological polar surface area (TPSA) is 84.3 Å². The number of hydrogen-bond acceptors (Lipinski definition) is 4. The van der Waals surface area contributed by atoms with E-state index in [4.69, 9.17) is 0 Å². The van der Waals surface area contributed by atoms with Gasteiger partial charge in [0.15, 0.2) is 5.82 Å². The Labute approximate surface area is 110 Å². The van der Waals surface area contributed by atoms with Crippen LogP contribution in [0.25, 0.3) is 0 Å². The van der Waals surface area contributed by atoms with Crippen LogP contribution in [0.2, 0.25) is 0 Å². The van der Waals surface area contributed by atoms with Gasteiger partial charge in [0.25, 0.3) is 11.6 Å². The van der Waals surface area contributed by atoms with Crippen molar-refractivity contribution >= 4 is 17.3 Å². The first-order chi connectivity index (χ1) is 8.65. The molecule has 0 atom stereocenters. The molecule has 1 amide bonds. The van der Waals surface area contributed by atoms with Gasteiger partial charge in [0.05, 0.1) is 16.7 Å². The van der Waals surface area contributed by atoms with E-state index in [-0.39, 0.29) is 11.3 Å². The van der Waals surface area contributed by atoms with Crippen molar-refractivity contribution in [1.29, 1.82) is 0 Å². The number of benzene rings is 1. The van der Waals surface area contributed by atoms with Gasteiger partial charge < -0.3 is 10.6 Å². The first-order valence-electron chi connectivity index (χ1n) is 5.64. The fourth-order valence-corrected chi connectivity index (χ4v) is 1.50. The van der Waals surface area contributed by atoms with Crippen molar-refractivity contribution in [3.05, 3.63) is 33.6 Å². The van der Waals surface area contributed by atoms with Crippen LogP contribution < -0.4 is 10.6 Å². The lowest BCUT2D eigenvalue weighted by Gasteiger charge is -2.20. The second-order valence-corrected chi connectivity index (χ2v) is 5.06. The molecule has 0 unspecified atom stereocenters. The summed E-state index contributed by atoms with van der Waals surface area (Å²) >= 11 is 0. The van der Waals surface area contributed by atoms with E-state index >= 15 is 0 Å². The largest absolute Gasteiger partial charge is 0.386 e. The molecular formula is C12H16FN3O3. The monoisotopic (exact) mass is 269 g/mol. The zero-order valence-corrected chi connectivity index (χ0v) is 11.2. The smallest absolute Gasteiger partial charge is 0.285 e. The van der Waals surface area contributed by atoms with Gasteiger partial charge >= 0.3 is 0 Å². The number of anilines is 1. The normalized spacial score (nSPS) is 11.0. The van der Waals surface area contributed by atoms with Gasteiger partial charge in [-0.1, -0.05) is 0 Å². The number of nitro benzene ring substituents is 1. The fraction of sp³-hybridized carbons (Fsp3) is 0.417. The number of halogens is 1. The van der Waals surface area contributed by atoms with Crippen LogP contribution in [0.15, 0.2) is 12.1 Å². The zero-order chi connectivity index (χ0) is 14.8. The first kappa shape index (κ1) is 14.9.